The van der Waals surface area contributed by atoms with E-state index in [9.17, 15) is 0 Å². The van der Waals surface area contributed by atoms with Crippen LogP contribution in [0.2, 0.25) is 0 Å². The van der Waals surface area contributed by atoms with Crippen molar-refractivity contribution in [2.45, 2.75) is 46.0 Å². The van der Waals surface area contributed by atoms with Crippen molar-refractivity contribution in [3.8, 4) is 0 Å². The lowest BCUT2D eigenvalue weighted by Crippen LogP contribution is -2.21. The topological polar surface area (TPSA) is 12.0 Å². The van der Waals surface area contributed by atoms with E-state index in [-0.39, 0.29) is 5.41 Å². The summed E-state index contributed by atoms with van der Waals surface area (Å²) < 4.78 is 0. The molecule has 104 valence electrons. The molecule has 0 aliphatic carbocycles. The van der Waals surface area contributed by atoms with Crippen LogP contribution in [0.25, 0.3) is 6.08 Å². The molecule has 19 heavy (non-hydrogen) atoms. The van der Waals surface area contributed by atoms with Gasteiger partial charge in [-0.1, -0.05) is 63.6 Å². The smallest absolute Gasteiger partial charge is 0.0125 e. The molecular formula is C18H27N. The van der Waals surface area contributed by atoms with Crippen LogP contribution >= 0.6 is 0 Å². The Balaban J connectivity index is 3.15. The molecule has 0 saturated heterocycles. The Morgan fingerprint density at radius 1 is 1.26 bits per heavy atom. The molecule has 1 heteroatoms. The molecule has 0 radical (unpaired) electrons. The van der Waals surface area contributed by atoms with Gasteiger partial charge in [-0.3, -0.25) is 0 Å². The Bertz CT molecular complexity index is 453. The predicted octanol–water partition coefficient (Wildman–Crippen LogP) is 4.90. The van der Waals surface area contributed by atoms with Crippen molar-refractivity contribution in [1.29, 1.82) is 0 Å². The fourth-order valence-corrected chi connectivity index (χ4v) is 2.20. The zero-order chi connectivity index (χ0) is 14.3. The van der Waals surface area contributed by atoms with Crippen LogP contribution in [0.3, 0.4) is 0 Å². The zero-order valence-corrected chi connectivity index (χ0v) is 13.0. The maximum atomic E-state index is 3.14. The van der Waals surface area contributed by atoms with Crippen LogP contribution in [-0.2, 0) is 5.41 Å². The molecule has 1 aromatic rings. The Labute approximate surface area is 118 Å². The maximum absolute atomic E-state index is 3.14. The van der Waals surface area contributed by atoms with E-state index in [1.807, 2.05) is 7.05 Å². The minimum absolute atomic E-state index is 0.0379. The van der Waals surface area contributed by atoms with Gasteiger partial charge in [-0.15, -0.1) is 0 Å². The molecule has 0 aliphatic heterocycles. The van der Waals surface area contributed by atoms with E-state index >= 15 is 0 Å². The van der Waals surface area contributed by atoms with Crippen molar-refractivity contribution < 1.29 is 0 Å². The summed E-state index contributed by atoms with van der Waals surface area (Å²) in [6.07, 6.45) is 8.95. The van der Waals surface area contributed by atoms with Gasteiger partial charge >= 0.3 is 0 Å². The first-order chi connectivity index (χ1) is 9.04. The third-order valence-electron chi connectivity index (χ3n) is 3.73. The normalized spacial score (nSPS) is 13.0. The Kier molecular flexibility index (Phi) is 5.88. The van der Waals surface area contributed by atoms with E-state index in [0.29, 0.717) is 0 Å². The SMILES string of the molecule is CCC/C=C/c1ccccc1C(C)(C)/C(C)=C/NC. The molecule has 1 nitrogen and oxygen atoms in total. The summed E-state index contributed by atoms with van der Waals surface area (Å²) in [7, 11) is 1.95. The van der Waals surface area contributed by atoms with Gasteiger partial charge in [0.1, 0.15) is 0 Å². The van der Waals surface area contributed by atoms with Crippen LogP contribution in [0, 0.1) is 0 Å². The van der Waals surface area contributed by atoms with Crippen LogP contribution in [0.1, 0.15) is 51.7 Å². The number of nitrogens with one attached hydrogen (secondary N) is 1. The van der Waals surface area contributed by atoms with E-state index in [1.165, 1.54) is 23.1 Å². The van der Waals surface area contributed by atoms with Crippen molar-refractivity contribution in [3.05, 3.63) is 53.2 Å². The monoisotopic (exact) mass is 257 g/mol. The number of allylic oxidation sites excluding steroid dienone is 2. The minimum Gasteiger partial charge on any atom is -0.394 e. The minimum atomic E-state index is 0.0379. The summed E-state index contributed by atoms with van der Waals surface area (Å²) in [5.41, 5.74) is 4.08. The molecule has 0 fully saturated rings. The Hall–Kier alpha value is -1.50. The molecule has 0 spiro atoms. The molecule has 1 N–H and O–H groups in total. The van der Waals surface area contributed by atoms with Gasteiger partial charge in [0.2, 0.25) is 0 Å². The standard InChI is InChI=1S/C18H27N/c1-6-7-8-11-16-12-9-10-13-17(16)18(3,4)15(2)14-19-5/h8-14,19H,6-7H2,1-5H3/b11-8+,15-14+. The van der Waals surface area contributed by atoms with Crippen molar-refractivity contribution in [1.82, 2.24) is 5.32 Å². The fourth-order valence-electron chi connectivity index (χ4n) is 2.20. The number of benzene rings is 1. The first-order valence-corrected chi connectivity index (χ1v) is 7.14. The van der Waals surface area contributed by atoms with Crippen LogP contribution in [0.5, 0.6) is 0 Å². The first kappa shape index (κ1) is 15.6. The first-order valence-electron chi connectivity index (χ1n) is 7.14. The van der Waals surface area contributed by atoms with E-state index in [2.05, 4.69) is 75.6 Å². The lowest BCUT2D eigenvalue weighted by atomic mass is 9.76. The summed E-state index contributed by atoms with van der Waals surface area (Å²) in [6, 6.07) is 8.68. The predicted molar refractivity (Wildman–Crippen MR) is 86.2 cm³/mol. The highest BCUT2D eigenvalue weighted by Crippen LogP contribution is 2.33. The molecule has 0 saturated carbocycles. The van der Waals surface area contributed by atoms with Gasteiger partial charge < -0.3 is 5.32 Å². The highest BCUT2D eigenvalue weighted by atomic mass is 14.8. The number of rotatable bonds is 6. The van der Waals surface area contributed by atoms with E-state index in [4.69, 9.17) is 0 Å². The number of hydrogen-bond acceptors (Lipinski definition) is 1. The van der Waals surface area contributed by atoms with Gasteiger partial charge in [0.15, 0.2) is 0 Å². The van der Waals surface area contributed by atoms with Crippen molar-refractivity contribution in [2.24, 2.45) is 0 Å². The Morgan fingerprint density at radius 3 is 2.58 bits per heavy atom. The highest BCUT2D eigenvalue weighted by Gasteiger charge is 2.24. The lowest BCUT2D eigenvalue weighted by Gasteiger charge is -2.28. The highest BCUT2D eigenvalue weighted by molar-refractivity contribution is 5.57. The molecule has 0 aromatic heterocycles. The van der Waals surface area contributed by atoms with E-state index in [1.54, 1.807) is 0 Å². The van der Waals surface area contributed by atoms with Crippen LogP contribution in [0.4, 0.5) is 0 Å². The molecule has 0 bridgehead atoms. The van der Waals surface area contributed by atoms with Gasteiger partial charge in [-0.2, -0.15) is 0 Å². The average Bonchev–Trinajstić information content (AvgIpc) is 2.40. The molecule has 0 aliphatic rings. The second kappa shape index (κ2) is 7.18. The molecule has 1 rings (SSSR count). The van der Waals surface area contributed by atoms with Gasteiger partial charge in [-0.05, 0) is 36.2 Å². The van der Waals surface area contributed by atoms with Crippen molar-refractivity contribution in [2.75, 3.05) is 7.05 Å². The van der Waals surface area contributed by atoms with E-state index < -0.39 is 0 Å². The average molecular weight is 257 g/mol. The molecule has 1 aromatic carbocycles. The van der Waals surface area contributed by atoms with Gasteiger partial charge in [0.05, 0.1) is 0 Å². The quantitative estimate of drug-likeness (QED) is 0.764. The fraction of sp³-hybridized carbons (Fsp3) is 0.444. The van der Waals surface area contributed by atoms with E-state index in [0.717, 1.165) is 6.42 Å². The van der Waals surface area contributed by atoms with Gasteiger partial charge in [0.25, 0.3) is 0 Å². The number of unbranched alkanes of at least 4 members (excludes halogenated alkanes) is 1. The van der Waals surface area contributed by atoms with Gasteiger partial charge in [0, 0.05) is 12.5 Å². The van der Waals surface area contributed by atoms with Gasteiger partial charge in [-0.25, -0.2) is 0 Å². The lowest BCUT2D eigenvalue weighted by molar-refractivity contribution is 0.616. The largest absolute Gasteiger partial charge is 0.394 e. The summed E-state index contributed by atoms with van der Waals surface area (Å²) >= 11 is 0. The van der Waals surface area contributed by atoms with Crippen LogP contribution in [-0.4, -0.2) is 7.05 Å². The second-order valence-electron chi connectivity index (χ2n) is 5.52. The summed E-state index contributed by atoms with van der Waals surface area (Å²) in [5, 5.41) is 3.14. The van der Waals surface area contributed by atoms with Crippen molar-refractivity contribution in [3.63, 3.8) is 0 Å². The molecule has 0 heterocycles. The number of hydrogen-bond donors (Lipinski definition) is 1. The molecular weight excluding hydrogens is 230 g/mol. The molecule has 0 unspecified atom stereocenters. The van der Waals surface area contributed by atoms with Crippen LogP contribution in [0.15, 0.2) is 42.1 Å². The maximum Gasteiger partial charge on any atom is 0.0125 e. The zero-order valence-electron chi connectivity index (χ0n) is 13.0. The second-order valence-corrected chi connectivity index (χ2v) is 5.52. The summed E-state index contributed by atoms with van der Waals surface area (Å²) in [6.45, 7) is 8.95. The van der Waals surface area contributed by atoms with Crippen LogP contribution < -0.4 is 5.32 Å². The molecule has 0 atom stereocenters. The summed E-state index contributed by atoms with van der Waals surface area (Å²) in [4.78, 5) is 0. The molecule has 0 amide bonds. The third-order valence-corrected chi connectivity index (χ3v) is 3.73. The Morgan fingerprint density at radius 2 is 1.95 bits per heavy atom. The van der Waals surface area contributed by atoms with Crippen molar-refractivity contribution >= 4 is 6.08 Å². The summed E-state index contributed by atoms with van der Waals surface area (Å²) in [5.74, 6) is 0. The third kappa shape index (κ3) is 3.99.